The molecule has 4 rings (SSSR count). The quantitative estimate of drug-likeness (QED) is 0.871. The molecule has 126 valence electrons. The monoisotopic (exact) mass is 391 g/mol. The van der Waals surface area contributed by atoms with Gasteiger partial charge in [0.1, 0.15) is 0 Å². The first-order valence-corrected chi connectivity index (χ1v) is 9.01. The summed E-state index contributed by atoms with van der Waals surface area (Å²) in [7, 11) is 0. The van der Waals surface area contributed by atoms with Crippen molar-refractivity contribution in [2.45, 2.75) is 31.1 Å². The molecule has 0 bridgehead atoms. The highest BCUT2D eigenvalue weighted by Crippen LogP contribution is 2.49. The minimum absolute atomic E-state index is 0.00605. The topological polar surface area (TPSA) is 79.2 Å². The van der Waals surface area contributed by atoms with Gasteiger partial charge in [0.15, 0.2) is 0 Å². The lowest BCUT2D eigenvalue weighted by molar-refractivity contribution is -0.134. The van der Waals surface area contributed by atoms with Crippen LogP contribution in [0.15, 0.2) is 37.9 Å². The summed E-state index contributed by atoms with van der Waals surface area (Å²) in [5.74, 6) is 0.506. The normalized spacial score (nSPS) is 26.4. The number of benzene rings is 1. The molecule has 3 atom stereocenters. The minimum Gasteiger partial charge on any atom is -0.392 e. The average molecular weight is 392 g/mol. The smallest absolute Gasteiger partial charge is 0.392 e. The van der Waals surface area contributed by atoms with E-state index in [1.807, 2.05) is 17.0 Å². The van der Waals surface area contributed by atoms with Crippen LogP contribution in [0.4, 0.5) is 0 Å². The standard InChI is InChI=1S/C17H18BrN3O3/c18-12-5-3-10(4-6-12)13-8-14(13)16(22)21-7-1-2-11(9-21)15-19-20-17(23)24-15/h3-6,11,13-14H,1-2,7-9H2,(H,20,23)/t11?,13-,14+/m0/s1. The van der Waals surface area contributed by atoms with E-state index >= 15 is 0 Å². The highest BCUT2D eigenvalue weighted by Gasteiger charge is 2.46. The van der Waals surface area contributed by atoms with E-state index < -0.39 is 5.76 Å². The maximum atomic E-state index is 12.8. The largest absolute Gasteiger partial charge is 0.434 e. The number of hydrogen-bond donors (Lipinski definition) is 1. The molecule has 2 fully saturated rings. The molecule has 1 aromatic carbocycles. The average Bonchev–Trinajstić information content (AvgIpc) is 3.28. The van der Waals surface area contributed by atoms with Gasteiger partial charge in [-0.05, 0) is 42.9 Å². The second kappa shape index (κ2) is 6.20. The molecular formula is C17H18BrN3O3. The van der Waals surface area contributed by atoms with E-state index in [1.165, 1.54) is 5.56 Å². The zero-order valence-electron chi connectivity index (χ0n) is 13.1. The third-order valence-corrected chi connectivity index (χ3v) is 5.47. The van der Waals surface area contributed by atoms with Crippen LogP contribution in [0.3, 0.4) is 0 Å². The molecule has 0 radical (unpaired) electrons. The van der Waals surface area contributed by atoms with Crippen LogP contribution >= 0.6 is 15.9 Å². The maximum Gasteiger partial charge on any atom is 0.434 e. The van der Waals surface area contributed by atoms with E-state index in [0.29, 0.717) is 18.4 Å². The van der Waals surface area contributed by atoms with Crippen molar-refractivity contribution < 1.29 is 9.21 Å². The van der Waals surface area contributed by atoms with Gasteiger partial charge in [0, 0.05) is 23.5 Å². The van der Waals surface area contributed by atoms with E-state index in [9.17, 15) is 9.59 Å². The first kappa shape index (κ1) is 15.6. The number of piperidine rings is 1. The Morgan fingerprint density at radius 1 is 1.33 bits per heavy atom. The number of carbonyl (C=O) groups excluding carboxylic acids is 1. The van der Waals surface area contributed by atoms with E-state index in [4.69, 9.17) is 4.42 Å². The number of likely N-dealkylation sites (tertiary alicyclic amines) is 1. The number of aromatic nitrogens is 2. The van der Waals surface area contributed by atoms with E-state index in [2.05, 4.69) is 38.3 Å². The highest BCUT2D eigenvalue weighted by molar-refractivity contribution is 9.10. The Morgan fingerprint density at radius 2 is 2.12 bits per heavy atom. The molecule has 1 aromatic heterocycles. The summed E-state index contributed by atoms with van der Waals surface area (Å²) in [6.45, 7) is 1.35. The fraction of sp³-hybridized carbons (Fsp3) is 0.471. The molecule has 24 heavy (non-hydrogen) atoms. The van der Waals surface area contributed by atoms with Crippen molar-refractivity contribution in [1.82, 2.24) is 15.1 Å². The van der Waals surface area contributed by atoms with Crippen molar-refractivity contribution in [3.05, 3.63) is 50.7 Å². The van der Waals surface area contributed by atoms with Crippen LogP contribution in [0.1, 0.15) is 42.6 Å². The molecule has 1 aliphatic carbocycles. The highest BCUT2D eigenvalue weighted by atomic mass is 79.9. The molecule has 1 N–H and O–H groups in total. The SMILES string of the molecule is O=C([C@@H]1C[C@H]1c1ccc(Br)cc1)N1CCCC(c2n[nH]c(=O)o2)C1. The summed E-state index contributed by atoms with van der Waals surface area (Å²) >= 11 is 3.44. The fourth-order valence-electron chi connectivity index (χ4n) is 3.58. The lowest BCUT2D eigenvalue weighted by Gasteiger charge is -2.31. The molecule has 7 heteroatoms. The number of nitrogens with one attached hydrogen (secondary N) is 1. The van der Waals surface area contributed by atoms with Crippen LogP contribution < -0.4 is 5.76 Å². The van der Waals surface area contributed by atoms with Crippen LogP contribution in [0, 0.1) is 5.92 Å². The van der Waals surface area contributed by atoms with Crippen LogP contribution in [0.2, 0.25) is 0 Å². The Morgan fingerprint density at radius 3 is 2.83 bits per heavy atom. The number of carbonyl (C=O) groups is 1. The number of nitrogens with zero attached hydrogens (tertiary/aromatic N) is 2. The molecule has 1 unspecified atom stereocenters. The Bertz CT molecular complexity index is 798. The second-order valence-electron chi connectivity index (χ2n) is 6.58. The molecule has 1 saturated heterocycles. The van der Waals surface area contributed by atoms with Crippen molar-refractivity contribution >= 4 is 21.8 Å². The Kier molecular flexibility index (Phi) is 4.04. The predicted molar refractivity (Wildman–Crippen MR) is 90.7 cm³/mol. The Balaban J connectivity index is 1.41. The van der Waals surface area contributed by atoms with Gasteiger partial charge in [-0.1, -0.05) is 28.1 Å². The molecule has 2 aromatic rings. The van der Waals surface area contributed by atoms with Gasteiger partial charge >= 0.3 is 5.76 Å². The maximum absolute atomic E-state index is 12.8. The van der Waals surface area contributed by atoms with Crippen LogP contribution in [-0.2, 0) is 4.79 Å². The summed E-state index contributed by atoms with van der Waals surface area (Å²) in [5, 5.41) is 6.22. The molecule has 1 saturated carbocycles. The van der Waals surface area contributed by atoms with Crippen molar-refractivity contribution in [2.24, 2.45) is 5.92 Å². The predicted octanol–water partition coefficient (Wildman–Crippen LogP) is 2.64. The summed E-state index contributed by atoms with van der Waals surface area (Å²) in [6, 6.07) is 8.20. The Labute approximate surface area is 147 Å². The van der Waals surface area contributed by atoms with E-state index in [0.717, 1.165) is 30.3 Å². The van der Waals surface area contributed by atoms with Gasteiger partial charge in [-0.3, -0.25) is 4.79 Å². The third-order valence-electron chi connectivity index (χ3n) is 4.94. The van der Waals surface area contributed by atoms with Crippen molar-refractivity contribution in [3.63, 3.8) is 0 Å². The molecule has 0 spiro atoms. The second-order valence-corrected chi connectivity index (χ2v) is 7.49. The first-order chi connectivity index (χ1) is 11.6. The van der Waals surface area contributed by atoms with Gasteiger partial charge in [0.05, 0.1) is 5.92 Å². The number of hydrogen-bond acceptors (Lipinski definition) is 4. The van der Waals surface area contributed by atoms with Crippen LogP contribution in [0.25, 0.3) is 0 Å². The number of aromatic amines is 1. The number of amides is 1. The first-order valence-electron chi connectivity index (χ1n) is 8.21. The van der Waals surface area contributed by atoms with E-state index in [-0.39, 0.29) is 17.7 Å². The van der Waals surface area contributed by atoms with Gasteiger partial charge in [-0.25, -0.2) is 9.89 Å². The number of halogens is 1. The summed E-state index contributed by atoms with van der Waals surface area (Å²) in [6.07, 6.45) is 2.71. The molecule has 2 heterocycles. The Hall–Kier alpha value is -1.89. The van der Waals surface area contributed by atoms with Crippen LogP contribution in [-0.4, -0.2) is 34.1 Å². The summed E-state index contributed by atoms with van der Waals surface area (Å²) in [5.41, 5.74) is 1.23. The summed E-state index contributed by atoms with van der Waals surface area (Å²) in [4.78, 5) is 25.8. The van der Waals surface area contributed by atoms with Gasteiger partial charge in [0.25, 0.3) is 0 Å². The minimum atomic E-state index is -0.536. The molecular weight excluding hydrogens is 374 g/mol. The van der Waals surface area contributed by atoms with Gasteiger partial charge < -0.3 is 9.32 Å². The molecule has 2 aliphatic rings. The summed E-state index contributed by atoms with van der Waals surface area (Å²) < 4.78 is 6.11. The fourth-order valence-corrected chi connectivity index (χ4v) is 3.84. The number of H-pyrrole nitrogens is 1. The van der Waals surface area contributed by atoms with Crippen molar-refractivity contribution in [1.29, 1.82) is 0 Å². The lowest BCUT2D eigenvalue weighted by atomic mass is 9.97. The van der Waals surface area contributed by atoms with Crippen molar-refractivity contribution in [2.75, 3.05) is 13.1 Å². The lowest BCUT2D eigenvalue weighted by Crippen LogP contribution is -2.40. The van der Waals surface area contributed by atoms with Crippen LogP contribution in [0.5, 0.6) is 0 Å². The third kappa shape index (κ3) is 3.05. The van der Waals surface area contributed by atoms with Crippen molar-refractivity contribution in [3.8, 4) is 0 Å². The molecule has 1 amide bonds. The zero-order chi connectivity index (χ0) is 16.7. The molecule has 1 aliphatic heterocycles. The van der Waals surface area contributed by atoms with Gasteiger partial charge in [-0.2, -0.15) is 0 Å². The van der Waals surface area contributed by atoms with Gasteiger partial charge in [0.2, 0.25) is 11.8 Å². The molecule has 6 nitrogen and oxygen atoms in total. The zero-order valence-corrected chi connectivity index (χ0v) is 14.7. The van der Waals surface area contributed by atoms with E-state index in [1.54, 1.807) is 0 Å². The van der Waals surface area contributed by atoms with Gasteiger partial charge in [-0.15, -0.1) is 5.10 Å². The number of rotatable bonds is 3.